The molecule has 0 aliphatic heterocycles. The van der Waals surface area contributed by atoms with Gasteiger partial charge in [0.05, 0.1) is 13.7 Å². The first kappa shape index (κ1) is 16.9. The predicted molar refractivity (Wildman–Crippen MR) is 69.2 cm³/mol. The van der Waals surface area contributed by atoms with Crippen LogP contribution in [0.2, 0.25) is 0 Å². The second-order valence-corrected chi connectivity index (χ2v) is 4.27. The molecular weight excluding hydrogens is 234 g/mol. The Hall–Kier alpha value is -1.10. The Balaban J connectivity index is 3.69. The first-order valence-electron chi connectivity index (χ1n) is 6.54. The molecule has 0 aliphatic carbocycles. The number of carbonyl (C=O) groups is 2. The Morgan fingerprint density at radius 2 is 1.83 bits per heavy atom. The van der Waals surface area contributed by atoms with Gasteiger partial charge in [0.15, 0.2) is 6.04 Å². The van der Waals surface area contributed by atoms with Crippen molar-refractivity contribution in [2.45, 2.75) is 52.0 Å². The molecule has 0 radical (unpaired) electrons. The predicted octanol–water partition coefficient (Wildman–Crippen LogP) is 1.65. The molecule has 5 nitrogen and oxygen atoms in total. The van der Waals surface area contributed by atoms with E-state index in [2.05, 4.69) is 17.0 Å². The molecule has 0 saturated heterocycles. The SMILES string of the molecule is CCCCCCCOCC(NC(C)=O)C(=O)OC. The molecule has 1 amide bonds. The number of hydrogen-bond donors (Lipinski definition) is 1. The number of esters is 1. The van der Waals surface area contributed by atoms with Gasteiger partial charge in [0, 0.05) is 13.5 Å². The van der Waals surface area contributed by atoms with Gasteiger partial charge in [-0.3, -0.25) is 4.79 Å². The van der Waals surface area contributed by atoms with Crippen LogP contribution in [0.5, 0.6) is 0 Å². The summed E-state index contributed by atoms with van der Waals surface area (Å²) < 4.78 is 9.97. The van der Waals surface area contributed by atoms with Crippen molar-refractivity contribution in [2.24, 2.45) is 0 Å². The van der Waals surface area contributed by atoms with Crippen LogP contribution < -0.4 is 5.32 Å². The molecule has 1 N–H and O–H groups in total. The summed E-state index contributed by atoms with van der Waals surface area (Å²) in [6.07, 6.45) is 5.79. The summed E-state index contributed by atoms with van der Waals surface area (Å²) in [6, 6.07) is -0.705. The monoisotopic (exact) mass is 259 g/mol. The molecule has 106 valence electrons. The Morgan fingerprint density at radius 3 is 2.39 bits per heavy atom. The molecule has 0 spiro atoms. The lowest BCUT2D eigenvalue weighted by Gasteiger charge is -2.15. The minimum absolute atomic E-state index is 0.167. The van der Waals surface area contributed by atoms with Crippen molar-refractivity contribution in [2.75, 3.05) is 20.3 Å². The van der Waals surface area contributed by atoms with Gasteiger partial charge in [-0.1, -0.05) is 32.6 Å². The van der Waals surface area contributed by atoms with Crippen molar-refractivity contribution in [3.63, 3.8) is 0 Å². The molecule has 18 heavy (non-hydrogen) atoms. The lowest BCUT2D eigenvalue weighted by Crippen LogP contribution is -2.43. The van der Waals surface area contributed by atoms with Gasteiger partial charge in [-0.05, 0) is 6.42 Å². The summed E-state index contributed by atoms with van der Waals surface area (Å²) in [6.45, 7) is 4.31. The third kappa shape index (κ3) is 8.98. The molecule has 0 heterocycles. The van der Waals surface area contributed by atoms with Gasteiger partial charge in [0.2, 0.25) is 5.91 Å². The van der Waals surface area contributed by atoms with Crippen molar-refractivity contribution in [3.05, 3.63) is 0 Å². The highest BCUT2D eigenvalue weighted by Gasteiger charge is 2.19. The van der Waals surface area contributed by atoms with Crippen LogP contribution in [0.4, 0.5) is 0 Å². The number of amides is 1. The van der Waals surface area contributed by atoms with Crippen molar-refractivity contribution in [1.29, 1.82) is 0 Å². The standard InChI is InChI=1S/C13H25NO4/c1-4-5-6-7-8-9-18-10-12(13(16)17-3)14-11(2)15/h12H,4-10H2,1-3H3,(H,14,15). The molecule has 0 saturated carbocycles. The second-order valence-electron chi connectivity index (χ2n) is 4.27. The van der Waals surface area contributed by atoms with Gasteiger partial charge >= 0.3 is 5.97 Å². The minimum Gasteiger partial charge on any atom is -0.467 e. The Kier molecular flexibility index (Phi) is 10.3. The number of ether oxygens (including phenoxy) is 2. The molecule has 0 aromatic carbocycles. The largest absolute Gasteiger partial charge is 0.467 e. The first-order valence-corrected chi connectivity index (χ1v) is 6.54. The summed E-state index contributed by atoms with van der Waals surface area (Å²) in [5.74, 6) is -0.742. The molecule has 0 rings (SSSR count). The number of hydrogen-bond acceptors (Lipinski definition) is 4. The van der Waals surface area contributed by atoms with E-state index in [0.29, 0.717) is 6.61 Å². The summed E-state index contributed by atoms with van der Waals surface area (Å²) in [5, 5.41) is 2.50. The Morgan fingerprint density at radius 1 is 1.17 bits per heavy atom. The average Bonchev–Trinajstić information content (AvgIpc) is 2.34. The summed E-state index contributed by atoms with van der Waals surface area (Å²) in [5.41, 5.74) is 0. The van der Waals surface area contributed by atoms with E-state index in [1.807, 2.05) is 0 Å². The van der Waals surface area contributed by atoms with Gasteiger partial charge in [-0.2, -0.15) is 0 Å². The average molecular weight is 259 g/mol. The van der Waals surface area contributed by atoms with Crippen molar-refractivity contribution < 1.29 is 19.1 Å². The zero-order valence-corrected chi connectivity index (χ0v) is 11.7. The van der Waals surface area contributed by atoms with Crippen LogP contribution in [0.15, 0.2) is 0 Å². The number of nitrogens with one attached hydrogen (secondary N) is 1. The van der Waals surface area contributed by atoms with E-state index in [0.717, 1.165) is 12.8 Å². The molecule has 5 heteroatoms. The first-order chi connectivity index (χ1) is 8.61. The van der Waals surface area contributed by atoms with E-state index >= 15 is 0 Å². The normalized spacial score (nSPS) is 11.9. The van der Waals surface area contributed by atoms with Gasteiger partial charge < -0.3 is 14.8 Å². The molecule has 0 aromatic rings. The second kappa shape index (κ2) is 11.0. The van der Waals surface area contributed by atoms with E-state index in [9.17, 15) is 9.59 Å². The fourth-order valence-corrected chi connectivity index (χ4v) is 1.57. The van der Waals surface area contributed by atoms with Crippen LogP contribution in [0.1, 0.15) is 46.0 Å². The molecule has 0 fully saturated rings. The molecule has 1 unspecified atom stereocenters. The highest BCUT2D eigenvalue weighted by Crippen LogP contribution is 2.02. The van der Waals surface area contributed by atoms with Gasteiger partial charge in [-0.15, -0.1) is 0 Å². The number of carbonyl (C=O) groups excluding carboxylic acids is 2. The third-order valence-electron chi connectivity index (χ3n) is 2.54. The molecule has 0 aromatic heterocycles. The lowest BCUT2D eigenvalue weighted by atomic mass is 10.2. The smallest absolute Gasteiger partial charge is 0.330 e. The van der Waals surface area contributed by atoms with Crippen molar-refractivity contribution in [1.82, 2.24) is 5.32 Å². The highest BCUT2D eigenvalue weighted by atomic mass is 16.5. The van der Waals surface area contributed by atoms with Gasteiger partial charge in [0.1, 0.15) is 0 Å². The Bertz CT molecular complexity index is 243. The fraction of sp³-hybridized carbons (Fsp3) is 0.846. The summed E-state index contributed by atoms with van der Waals surface area (Å²) in [4.78, 5) is 22.2. The van der Waals surface area contributed by atoms with Crippen LogP contribution in [0.25, 0.3) is 0 Å². The quantitative estimate of drug-likeness (QED) is 0.478. The van der Waals surface area contributed by atoms with Crippen LogP contribution in [0, 0.1) is 0 Å². The highest BCUT2D eigenvalue weighted by molar-refractivity contribution is 5.83. The van der Waals surface area contributed by atoms with Crippen LogP contribution in [-0.2, 0) is 19.1 Å². The van der Waals surface area contributed by atoms with E-state index < -0.39 is 12.0 Å². The van der Waals surface area contributed by atoms with E-state index in [4.69, 9.17) is 4.74 Å². The van der Waals surface area contributed by atoms with Crippen LogP contribution in [-0.4, -0.2) is 38.2 Å². The Labute approximate surface area is 109 Å². The maximum absolute atomic E-state index is 11.3. The third-order valence-corrected chi connectivity index (χ3v) is 2.54. The minimum atomic E-state index is -0.705. The number of unbranched alkanes of at least 4 members (excludes halogenated alkanes) is 4. The van der Waals surface area contributed by atoms with Crippen LogP contribution in [0.3, 0.4) is 0 Å². The lowest BCUT2D eigenvalue weighted by molar-refractivity contribution is -0.146. The maximum atomic E-state index is 11.3. The van der Waals surface area contributed by atoms with E-state index in [-0.39, 0.29) is 12.5 Å². The maximum Gasteiger partial charge on any atom is 0.330 e. The van der Waals surface area contributed by atoms with E-state index in [1.54, 1.807) is 0 Å². The zero-order chi connectivity index (χ0) is 13.8. The van der Waals surface area contributed by atoms with Gasteiger partial charge in [-0.25, -0.2) is 4.79 Å². The molecule has 0 bridgehead atoms. The fourth-order valence-electron chi connectivity index (χ4n) is 1.57. The molecule has 1 atom stereocenters. The van der Waals surface area contributed by atoms with Crippen molar-refractivity contribution >= 4 is 11.9 Å². The number of methoxy groups -OCH3 is 1. The summed E-state index contributed by atoms with van der Waals surface area (Å²) >= 11 is 0. The summed E-state index contributed by atoms with van der Waals surface area (Å²) in [7, 11) is 1.29. The van der Waals surface area contributed by atoms with Gasteiger partial charge in [0.25, 0.3) is 0 Å². The molecular formula is C13H25NO4. The van der Waals surface area contributed by atoms with Crippen molar-refractivity contribution in [3.8, 4) is 0 Å². The molecule has 0 aliphatic rings. The zero-order valence-electron chi connectivity index (χ0n) is 11.7. The van der Waals surface area contributed by atoms with E-state index in [1.165, 1.54) is 33.3 Å². The topological polar surface area (TPSA) is 64.6 Å². The number of rotatable bonds is 10. The van der Waals surface area contributed by atoms with Crippen LogP contribution >= 0.6 is 0 Å².